The SMILES string of the molecule is CCC(C)C1SCC(=O)N1Cc1cnc(C)cn1. The maximum absolute atomic E-state index is 11.9. The van der Waals surface area contributed by atoms with Crippen molar-refractivity contribution in [1.82, 2.24) is 14.9 Å². The molecule has 98 valence electrons. The zero-order valence-electron chi connectivity index (χ0n) is 11.1. The van der Waals surface area contributed by atoms with Gasteiger partial charge in [-0.1, -0.05) is 20.3 Å². The van der Waals surface area contributed by atoms with Crippen molar-refractivity contribution in [1.29, 1.82) is 0 Å². The van der Waals surface area contributed by atoms with Gasteiger partial charge in [-0.05, 0) is 12.8 Å². The third kappa shape index (κ3) is 2.83. The van der Waals surface area contributed by atoms with Crippen LogP contribution in [0.5, 0.6) is 0 Å². The number of carbonyl (C=O) groups excluding carboxylic acids is 1. The molecule has 5 heteroatoms. The lowest BCUT2D eigenvalue weighted by atomic mass is 10.1. The summed E-state index contributed by atoms with van der Waals surface area (Å²) in [5, 5.41) is 0.283. The second-order valence-electron chi connectivity index (χ2n) is 4.76. The van der Waals surface area contributed by atoms with E-state index in [1.165, 1.54) is 0 Å². The Labute approximate surface area is 112 Å². The molecule has 0 spiro atoms. The van der Waals surface area contributed by atoms with Crippen LogP contribution >= 0.6 is 11.8 Å². The van der Waals surface area contributed by atoms with Crippen molar-refractivity contribution >= 4 is 17.7 Å². The average molecular weight is 265 g/mol. The molecular formula is C13H19N3OS. The Morgan fingerprint density at radius 2 is 2.28 bits per heavy atom. The van der Waals surface area contributed by atoms with Gasteiger partial charge < -0.3 is 4.90 Å². The van der Waals surface area contributed by atoms with Crippen molar-refractivity contribution in [3.05, 3.63) is 23.8 Å². The minimum Gasteiger partial charge on any atom is -0.324 e. The molecule has 0 radical (unpaired) electrons. The van der Waals surface area contributed by atoms with Gasteiger partial charge in [-0.3, -0.25) is 14.8 Å². The second kappa shape index (κ2) is 5.69. The Kier molecular flexibility index (Phi) is 4.22. The average Bonchev–Trinajstić information content (AvgIpc) is 2.73. The molecule has 1 fully saturated rings. The van der Waals surface area contributed by atoms with Crippen LogP contribution in [-0.2, 0) is 11.3 Å². The van der Waals surface area contributed by atoms with Gasteiger partial charge in [-0.25, -0.2) is 0 Å². The van der Waals surface area contributed by atoms with Crippen LogP contribution < -0.4 is 0 Å². The number of hydrogen-bond donors (Lipinski definition) is 0. The molecule has 2 unspecified atom stereocenters. The van der Waals surface area contributed by atoms with Crippen molar-refractivity contribution in [2.24, 2.45) is 5.92 Å². The van der Waals surface area contributed by atoms with Crippen molar-refractivity contribution in [3.63, 3.8) is 0 Å². The fraction of sp³-hybridized carbons (Fsp3) is 0.615. The summed E-state index contributed by atoms with van der Waals surface area (Å²) in [5.74, 6) is 1.32. The summed E-state index contributed by atoms with van der Waals surface area (Å²) >= 11 is 1.74. The fourth-order valence-corrected chi connectivity index (χ4v) is 3.37. The maximum atomic E-state index is 11.9. The molecule has 4 nitrogen and oxygen atoms in total. The van der Waals surface area contributed by atoms with E-state index in [-0.39, 0.29) is 11.3 Å². The molecule has 0 aliphatic carbocycles. The van der Waals surface area contributed by atoms with Crippen LogP contribution in [0.4, 0.5) is 0 Å². The van der Waals surface area contributed by atoms with Crippen molar-refractivity contribution < 1.29 is 4.79 Å². The highest BCUT2D eigenvalue weighted by Crippen LogP contribution is 2.32. The maximum Gasteiger partial charge on any atom is 0.233 e. The molecule has 1 saturated heterocycles. The van der Waals surface area contributed by atoms with Gasteiger partial charge in [0, 0.05) is 6.20 Å². The van der Waals surface area contributed by atoms with Gasteiger partial charge in [-0.15, -0.1) is 11.8 Å². The van der Waals surface area contributed by atoms with E-state index in [2.05, 4.69) is 23.8 Å². The van der Waals surface area contributed by atoms with E-state index in [1.807, 2.05) is 11.8 Å². The summed E-state index contributed by atoms with van der Waals surface area (Å²) in [4.78, 5) is 22.4. The van der Waals surface area contributed by atoms with Crippen LogP contribution in [0.25, 0.3) is 0 Å². The van der Waals surface area contributed by atoms with Crippen LogP contribution in [0.15, 0.2) is 12.4 Å². The van der Waals surface area contributed by atoms with Crippen LogP contribution in [0.1, 0.15) is 31.7 Å². The first-order valence-electron chi connectivity index (χ1n) is 6.30. The Bertz CT molecular complexity index is 421. The van der Waals surface area contributed by atoms with Crippen molar-refractivity contribution in [2.45, 2.75) is 39.1 Å². The third-order valence-corrected chi connectivity index (χ3v) is 4.78. The molecule has 1 aliphatic rings. The van der Waals surface area contributed by atoms with Crippen LogP contribution in [0.2, 0.25) is 0 Å². The monoisotopic (exact) mass is 265 g/mol. The van der Waals surface area contributed by atoms with E-state index in [4.69, 9.17) is 0 Å². The minimum atomic E-state index is 0.215. The van der Waals surface area contributed by atoms with Crippen molar-refractivity contribution in [2.75, 3.05) is 5.75 Å². The van der Waals surface area contributed by atoms with Crippen LogP contribution in [0.3, 0.4) is 0 Å². The molecule has 0 aromatic carbocycles. The summed E-state index contributed by atoms with van der Waals surface area (Å²) < 4.78 is 0. The predicted molar refractivity (Wildman–Crippen MR) is 73.0 cm³/mol. The van der Waals surface area contributed by atoms with Gasteiger partial charge in [0.15, 0.2) is 0 Å². The summed E-state index contributed by atoms with van der Waals surface area (Å²) in [7, 11) is 0. The van der Waals surface area contributed by atoms with Gasteiger partial charge >= 0.3 is 0 Å². The normalized spacial score (nSPS) is 21.4. The standard InChI is InChI=1S/C13H19N3OS/c1-4-9(2)13-16(12(17)8-18-13)7-11-6-14-10(3)5-15-11/h5-6,9,13H,4,7-8H2,1-3H3. The van der Waals surface area contributed by atoms with E-state index < -0.39 is 0 Å². The van der Waals surface area contributed by atoms with E-state index in [9.17, 15) is 4.79 Å². The Morgan fingerprint density at radius 1 is 1.50 bits per heavy atom. The first-order chi connectivity index (χ1) is 8.61. The summed E-state index contributed by atoms with van der Waals surface area (Å²) in [6.07, 6.45) is 4.60. The highest BCUT2D eigenvalue weighted by Gasteiger charge is 2.34. The zero-order valence-corrected chi connectivity index (χ0v) is 11.9. The van der Waals surface area contributed by atoms with E-state index >= 15 is 0 Å². The number of thioether (sulfide) groups is 1. The second-order valence-corrected chi connectivity index (χ2v) is 5.86. The number of carbonyl (C=O) groups is 1. The number of aryl methyl sites for hydroxylation is 1. The molecule has 1 aromatic heterocycles. The summed E-state index contributed by atoms with van der Waals surface area (Å²) in [5.41, 5.74) is 1.77. The molecule has 0 bridgehead atoms. The summed E-state index contributed by atoms with van der Waals surface area (Å²) in [6, 6.07) is 0. The molecule has 2 heterocycles. The lowest BCUT2D eigenvalue weighted by Gasteiger charge is -2.27. The predicted octanol–water partition coefficient (Wildman–Crippen LogP) is 2.23. The highest BCUT2D eigenvalue weighted by atomic mass is 32.2. The first-order valence-corrected chi connectivity index (χ1v) is 7.35. The number of aromatic nitrogens is 2. The molecular weight excluding hydrogens is 246 g/mol. The molecule has 1 aliphatic heterocycles. The van der Waals surface area contributed by atoms with Gasteiger partial charge in [-0.2, -0.15) is 0 Å². The topological polar surface area (TPSA) is 46.1 Å². The highest BCUT2D eigenvalue weighted by molar-refractivity contribution is 8.01. The molecule has 0 saturated carbocycles. The first kappa shape index (κ1) is 13.3. The molecule has 18 heavy (non-hydrogen) atoms. The number of hydrogen-bond acceptors (Lipinski definition) is 4. The summed E-state index contributed by atoms with van der Waals surface area (Å²) in [6.45, 7) is 6.85. The third-order valence-electron chi connectivity index (χ3n) is 3.30. The number of amides is 1. The van der Waals surface area contributed by atoms with E-state index in [0.29, 0.717) is 18.2 Å². The smallest absolute Gasteiger partial charge is 0.233 e. The van der Waals surface area contributed by atoms with Gasteiger partial charge in [0.1, 0.15) is 0 Å². The van der Waals surface area contributed by atoms with E-state index in [0.717, 1.165) is 17.8 Å². The Morgan fingerprint density at radius 3 is 2.89 bits per heavy atom. The molecule has 2 atom stereocenters. The van der Waals surface area contributed by atoms with Crippen LogP contribution in [0, 0.1) is 12.8 Å². The quantitative estimate of drug-likeness (QED) is 0.837. The zero-order chi connectivity index (χ0) is 13.1. The molecule has 2 rings (SSSR count). The lowest BCUT2D eigenvalue weighted by Crippen LogP contribution is -2.36. The Balaban J connectivity index is 2.10. The molecule has 1 amide bonds. The van der Waals surface area contributed by atoms with Gasteiger partial charge in [0.05, 0.1) is 35.3 Å². The fourth-order valence-electron chi connectivity index (χ4n) is 2.00. The largest absolute Gasteiger partial charge is 0.324 e. The van der Waals surface area contributed by atoms with Gasteiger partial charge in [0.2, 0.25) is 5.91 Å². The van der Waals surface area contributed by atoms with Crippen LogP contribution in [-0.4, -0.2) is 31.9 Å². The van der Waals surface area contributed by atoms with Crippen molar-refractivity contribution in [3.8, 4) is 0 Å². The molecule has 0 N–H and O–H groups in total. The number of rotatable bonds is 4. The van der Waals surface area contributed by atoms with E-state index in [1.54, 1.807) is 24.2 Å². The molecule has 1 aromatic rings. The Hall–Kier alpha value is -1.10. The number of nitrogens with zero attached hydrogens (tertiary/aromatic N) is 3. The minimum absolute atomic E-state index is 0.215. The van der Waals surface area contributed by atoms with Gasteiger partial charge in [0.25, 0.3) is 0 Å². The lowest BCUT2D eigenvalue weighted by molar-refractivity contribution is -0.129.